The fraction of sp³-hybridized carbons (Fsp3) is 0.333. The van der Waals surface area contributed by atoms with E-state index >= 15 is 0 Å². The Hall–Kier alpha value is -1.35. The van der Waals surface area contributed by atoms with Gasteiger partial charge in [0.1, 0.15) is 5.88 Å². The molecule has 1 atom stereocenters. The maximum absolute atomic E-state index is 11.9. The first-order valence-corrected chi connectivity index (χ1v) is 5.57. The smallest absolute Gasteiger partial charge is 0.321 e. The summed E-state index contributed by atoms with van der Waals surface area (Å²) < 4.78 is 4.94. The van der Waals surface area contributed by atoms with E-state index in [1.54, 1.807) is 31.2 Å². The maximum Gasteiger partial charge on any atom is 0.321 e. The molecule has 0 bridgehead atoms. The van der Waals surface area contributed by atoms with Gasteiger partial charge in [0.25, 0.3) is 0 Å². The number of ether oxygens (including phenoxy) is 1. The molecule has 0 saturated heterocycles. The van der Waals surface area contributed by atoms with Crippen LogP contribution in [0.4, 0.5) is 0 Å². The third-order valence-electron chi connectivity index (χ3n) is 2.10. The molecule has 1 rings (SSSR count). The van der Waals surface area contributed by atoms with Crippen molar-refractivity contribution in [3.05, 3.63) is 35.9 Å². The summed E-state index contributed by atoms with van der Waals surface area (Å²) in [5, 5.41) is 0. The van der Waals surface area contributed by atoms with Crippen molar-refractivity contribution in [2.24, 2.45) is 0 Å². The summed E-state index contributed by atoms with van der Waals surface area (Å²) in [5.41, 5.74) is 0.539. The van der Waals surface area contributed by atoms with Crippen molar-refractivity contribution < 1.29 is 14.3 Å². The Kier molecular flexibility index (Phi) is 4.99. The zero-order chi connectivity index (χ0) is 12.0. The van der Waals surface area contributed by atoms with E-state index in [-0.39, 0.29) is 11.7 Å². The molecule has 0 aliphatic rings. The molecule has 0 amide bonds. The SMILES string of the molecule is CCC(OC(=O)CCl)C(=O)c1ccccc1. The minimum atomic E-state index is -0.742. The van der Waals surface area contributed by atoms with Crippen molar-refractivity contribution in [2.45, 2.75) is 19.4 Å². The fourth-order valence-corrected chi connectivity index (χ4v) is 1.36. The number of ketones is 1. The van der Waals surface area contributed by atoms with Crippen LogP contribution in [0.2, 0.25) is 0 Å². The van der Waals surface area contributed by atoms with Crippen molar-refractivity contribution in [2.75, 3.05) is 5.88 Å². The third kappa shape index (κ3) is 3.35. The molecular weight excluding hydrogens is 228 g/mol. The van der Waals surface area contributed by atoms with E-state index < -0.39 is 12.1 Å². The minimum absolute atomic E-state index is 0.193. The maximum atomic E-state index is 11.9. The van der Waals surface area contributed by atoms with Crippen molar-refractivity contribution in [3.8, 4) is 0 Å². The zero-order valence-corrected chi connectivity index (χ0v) is 9.74. The second-order valence-corrected chi connectivity index (χ2v) is 3.52. The molecule has 3 nitrogen and oxygen atoms in total. The van der Waals surface area contributed by atoms with Crippen LogP contribution in [0.15, 0.2) is 30.3 Å². The average Bonchev–Trinajstić information content (AvgIpc) is 2.35. The van der Waals surface area contributed by atoms with Gasteiger partial charge in [-0.1, -0.05) is 37.3 Å². The lowest BCUT2D eigenvalue weighted by molar-refractivity contribution is -0.143. The van der Waals surface area contributed by atoms with E-state index in [0.29, 0.717) is 12.0 Å². The zero-order valence-electron chi connectivity index (χ0n) is 8.98. The monoisotopic (exact) mass is 240 g/mol. The summed E-state index contributed by atoms with van der Waals surface area (Å²) in [6.07, 6.45) is -0.301. The van der Waals surface area contributed by atoms with Gasteiger partial charge in [0, 0.05) is 5.56 Å². The van der Waals surface area contributed by atoms with Crippen molar-refractivity contribution in [3.63, 3.8) is 0 Å². The molecule has 86 valence electrons. The number of Topliss-reactive ketones (excluding diaryl/α,β-unsaturated/α-hetero) is 1. The van der Waals surface area contributed by atoms with Gasteiger partial charge in [-0.05, 0) is 6.42 Å². The van der Waals surface area contributed by atoms with Gasteiger partial charge in [0.05, 0.1) is 0 Å². The molecule has 1 aromatic rings. The van der Waals surface area contributed by atoms with Crippen molar-refractivity contribution in [1.82, 2.24) is 0 Å². The lowest BCUT2D eigenvalue weighted by Gasteiger charge is -2.14. The summed E-state index contributed by atoms with van der Waals surface area (Å²) in [6.45, 7) is 1.78. The Labute approximate surface area is 99.4 Å². The number of rotatable bonds is 5. The molecule has 0 heterocycles. The number of alkyl halides is 1. The van der Waals surface area contributed by atoms with E-state index in [4.69, 9.17) is 16.3 Å². The van der Waals surface area contributed by atoms with Crippen molar-refractivity contribution in [1.29, 1.82) is 0 Å². The number of hydrogen-bond donors (Lipinski definition) is 0. The minimum Gasteiger partial charge on any atom is -0.453 e. The van der Waals surface area contributed by atoms with Gasteiger partial charge in [-0.3, -0.25) is 9.59 Å². The van der Waals surface area contributed by atoms with Crippen LogP contribution >= 0.6 is 11.6 Å². The van der Waals surface area contributed by atoms with Gasteiger partial charge in [-0.25, -0.2) is 0 Å². The molecular formula is C12H13ClO3. The van der Waals surface area contributed by atoms with Crippen LogP contribution in [0.1, 0.15) is 23.7 Å². The highest BCUT2D eigenvalue weighted by molar-refractivity contribution is 6.26. The predicted molar refractivity (Wildman–Crippen MR) is 61.7 cm³/mol. The quantitative estimate of drug-likeness (QED) is 0.451. The molecule has 16 heavy (non-hydrogen) atoms. The van der Waals surface area contributed by atoms with Gasteiger partial charge in [-0.15, -0.1) is 11.6 Å². The number of hydrogen-bond acceptors (Lipinski definition) is 3. The first-order valence-electron chi connectivity index (χ1n) is 5.03. The number of halogens is 1. The van der Waals surface area contributed by atoms with Crippen LogP contribution in [0, 0.1) is 0 Å². The normalized spacial score (nSPS) is 11.9. The highest BCUT2D eigenvalue weighted by Crippen LogP contribution is 2.09. The van der Waals surface area contributed by atoms with Gasteiger partial charge in [-0.2, -0.15) is 0 Å². The summed E-state index contributed by atoms with van der Waals surface area (Å²) in [6, 6.07) is 8.74. The van der Waals surface area contributed by atoms with Crippen LogP contribution in [0.25, 0.3) is 0 Å². The molecule has 0 aliphatic heterocycles. The second-order valence-electron chi connectivity index (χ2n) is 3.25. The topological polar surface area (TPSA) is 43.4 Å². The third-order valence-corrected chi connectivity index (χ3v) is 2.32. The van der Waals surface area contributed by atoms with Gasteiger partial charge in [0.2, 0.25) is 5.78 Å². The predicted octanol–water partition coefficient (Wildman–Crippen LogP) is 2.43. The number of esters is 1. The van der Waals surface area contributed by atoms with Crippen LogP contribution in [-0.4, -0.2) is 23.7 Å². The summed E-state index contributed by atoms with van der Waals surface area (Å²) >= 11 is 5.32. The lowest BCUT2D eigenvalue weighted by atomic mass is 10.0. The van der Waals surface area contributed by atoms with Crippen LogP contribution in [-0.2, 0) is 9.53 Å². The molecule has 0 fully saturated rings. The molecule has 0 radical (unpaired) electrons. The van der Waals surface area contributed by atoms with Gasteiger partial charge in [0.15, 0.2) is 6.10 Å². The Balaban J connectivity index is 2.74. The first-order chi connectivity index (χ1) is 7.69. The van der Waals surface area contributed by atoms with E-state index in [2.05, 4.69) is 0 Å². The lowest BCUT2D eigenvalue weighted by Crippen LogP contribution is -2.27. The van der Waals surface area contributed by atoms with E-state index in [0.717, 1.165) is 0 Å². The molecule has 1 unspecified atom stereocenters. The largest absolute Gasteiger partial charge is 0.453 e. The van der Waals surface area contributed by atoms with Crippen LogP contribution in [0.3, 0.4) is 0 Å². The van der Waals surface area contributed by atoms with Crippen LogP contribution in [0.5, 0.6) is 0 Å². The Morgan fingerprint density at radius 3 is 2.44 bits per heavy atom. The second kappa shape index (κ2) is 6.28. The number of carbonyl (C=O) groups is 2. The van der Waals surface area contributed by atoms with Crippen LogP contribution < -0.4 is 0 Å². The molecule has 1 aromatic carbocycles. The molecule has 0 aromatic heterocycles. The molecule has 0 aliphatic carbocycles. The molecule has 0 saturated carbocycles. The standard InChI is InChI=1S/C12H13ClO3/c1-2-10(16-11(14)8-13)12(15)9-6-4-3-5-7-9/h3-7,10H,2,8H2,1H3. The Bertz CT molecular complexity index is 362. The van der Waals surface area contributed by atoms with E-state index in [9.17, 15) is 9.59 Å². The molecule has 0 N–H and O–H groups in total. The first kappa shape index (κ1) is 12.7. The van der Waals surface area contributed by atoms with E-state index in [1.165, 1.54) is 0 Å². The fourth-order valence-electron chi connectivity index (χ4n) is 1.30. The highest BCUT2D eigenvalue weighted by Gasteiger charge is 2.21. The van der Waals surface area contributed by atoms with Gasteiger partial charge >= 0.3 is 5.97 Å². The Morgan fingerprint density at radius 1 is 1.31 bits per heavy atom. The molecule has 4 heteroatoms. The number of benzene rings is 1. The van der Waals surface area contributed by atoms with Crippen molar-refractivity contribution >= 4 is 23.4 Å². The average molecular weight is 241 g/mol. The highest BCUT2D eigenvalue weighted by atomic mass is 35.5. The number of carbonyl (C=O) groups excluding carboxylic acids is 2. The summed E-state index contributed by atoms with van der Waals surface area (Å²) in [4.78, 5) is 22.9. The Morgan fingerprint density at radius 2 is 1.94 bits per heavy atom. The van der Waals surface area contributed by atoms with E-state index in [1.807, 2.05) is 6.07 Å². The summed E-state index contributed by atoms with van der Waals surface area (Å²) in [5.74, 6) is -1.00. The van der Waals surface area contributed by atoms with Gasteiger partial charge < -0.3 is 4.74 Å². The summed E-state index contributed by atoms with van der Waals surface area (Å²) in [7, 11) is 0. The molecule has 0 spiro atoms.